The monoisotopic (exact) mass is 327 g/mol. The first-order valence-electron chi connectivity index (χ1n) is 6.14. The maximum Gasteiger partial charge on any atom is 0.343 e. The Bertz CT molecular complexity index is 944. The maximum absolute atomic E-state index is 13.9. The number of benzene rings is 1. The average molecular weight is 327 g/mol. The summed E-state index contributed by atoms with van der Waals surface area (Å²) in [6.45, 7) is 0. The summed E-state index contributed by atoms with van der Waals surface area (Å²) in [5, 5.41) is 0. The topological polar surface area (TPSA) is 82.7 Å². The Morgan fingerprint density at radius 3 is 2.50 bits per heavy atom. The lowest BCUT2D eigenvalue weighted by Gasteiger charge is -2.12. The highest BCUT2D eigenvalue weighted by atomic mass is 32.2. The van der Waals surface area contributed by atoms with E-state index in [2.05, 4.69) is 4.99 Å². The molecule has 118 valence electrons. The molecule has 0 aliphatic heterocycles. The van der Waals surface area contributed by atoms with E-state index in [9.17, 15) is 17.6 Å². The zero-order valence-corrected chi connectivity index (χ0v) is 13.0. The van der Waals surface area contributed by atoms with Gasteiger partial charge in [0.15, 0.2) is 11.3 Å². The van der Waals surface area contributed by atoms with Crippen molar-refractivity contribution >= 4 is 10.0 Å². The van der Waals surface area contributed by atoms with Gasteiger partial charge in [0.2, 0.25) is 0 Å². The third-order valence-corrected chi connectivity index (χ3v) is 4.73. The molecule has 0 fully saturated rings. The first-order chi connectivity index (χ1) is 10.3. The van der Waals surface area contributed by atoms with Gasteiger partial charge < -0.3 is 4.74 Å². The van der Waals surface area contributed by atoms with Crippen LogP contribution in [0.15, 0.2) is 45.1 Å². The Labute approximate surface area is 126 Å². The summed E-state index contributed by atoms with van der Waals surface area (Å²) in [4.78, 5) is 15.6. The minimum Gasteiger partial charge on any atom is -0.495 e. The predicted molar refractivity (Wildman–Crippen MR) is 76.7 cm³/mol. The fraction of sp³-hybridized carbons (Fsp3) is 0.231. The molecular formula is C13H14FN3O4S. The fourth-order valence-electron chi connectivity index (χ4n) is 1.98. The van der Waals surface area contributed by atoms with E-state index in [1.54, 1.807) is 6.07 Å². The molecule has 1 aromatic carbocycles. The van der Waals surface area contributed by atoms with Gasteiger partial charge in [-0.1, -0.05) is 12.1 Å². The number of aromatic nitrogens is 2. The molecule has 2 aromatic rings. The smallest absolute Gasteiger partial charge is 0.343 e. The van der Waals surface area contributed by atoms with Crippen LogP contribution in [0.2, 0.25) is 0 Å². The van der Waals surface area contributed by atoms with Crippen LogP contribution < -0.4 is 15.9 Å². The van der Waals surface area contributed by atoms with E-state index < -0.39 is 21.5 Å². The Morgan fingerprint density at radius 2 is 1.91 bits per heavy atom. The van der Waals surface area contributed by atoms with Crippen molar-refractivity contribution in [1.29, 1.82) is 0 Å². The lowest BCUT2D eigenvalue weighted by molar-refractivity contribution is 0.402. The number of hydrogen-bond acceptors (Lipinski definition) is 5. The number of hydrogen-bond donors (Lipinski definition) is 0. The number of methoxy groups -OCH3 is 1. The molecule has 1 aromatic heterocycles. The van der Waals surface area contributed by atoms with Crippen molar-refractivity contribution in [2.24, 2.45) is 12.0 Å². The second kappa shape index (κ2) is 5.76. The van der Waals surface area contributed by atoms with Gasteiger partial charge in [0.25, 0.3) is 10.0 Å². The molecule has 0 N–H and O–H groups in total. The molecule has 0 atom stereocenters. The molecule has 9 heteroatoms. The summed E-state index contributed by atoms with van der Waals surface area (Å²) in [6, 6.07) is 5.77. The Balaban J connectivity index is 2.84. The lowest BCUT2D eigenvalue weighted by Crippen LogP contribution is -2.42. The lowest BCUT2D eigenvalue weighted by atomic mass is 10.3. The van der Waals surface area contributed by atoms with Crippen molar-refractivity contribution in [2.45, 2.75) is 4.90 Å². The summed E-state index contributed by atoms with van der Waals surface area (Å²) in [5.41, 5.74) is -1.18. The van der Waals surface area contributed by atoms with Crippen molar-refractivity contribution in [2.75, 3.05) is 14.2 Å². The summed E-state index contributed by atoms with van der Waals surface area (Å²) in [7, 11) is -0.463. The van der Waals surface area contributed by atoms with Crippen LogP contribution in [0, 0.1) is 5.82 Å². The molecule has 0 aliphatic rings. The first kappa shape index (κ1) is 16.0. The molecule has 1 heterocycles. The molecule has 2 rings (SSSR count). The molecule has 0 spiro atoms. The van der Waals surface area contributed by atoms with Gasteiger partial charge in [-0.05, 0) is 12.1 Å². The molecule has 0 bridgehead atoms. The second-order valence-electron chi connectivity index (χ2n) is 4.32. The SMILES string of the molecule is C/N=c1\c(F)cn(S(=O)(=O)c2ccccc2OC)c(=O)n1C. The van der Waals surface area contributed by atoms with E-state index in [-0.39, 0.29) is 16.1 Å². The number of para-hydroxylation sites is 1. The van der Waals surface area contributed by atoms with Gasteiger partial charge in [0.05, 0.1) is 13.3 Å². The largest absolute Gasteiger partial charge is 0.495 e. The van der Waals surface area contributed by atoms with Gasteiger partial charge in [0, 0.05) is 14.1 Å². The van der Waals surface area contributed by atoms with E-state index in [4.69, 9.17) is 4.74 Å². The van der Waals surface area contributed by atoms with Crippen LogP contribution in [0.4, 0.5) is 4.39 Å². The Kier molecular flexibility index (Phi) is 4.18. The number of halogens is 1. The molecule has 0 amide bonds. The maximum atomic E-state index is 13.9. The fourth-order valence-corrected chi connectivity index (χ4v) is 3.41. The first-order valence-corrected chi connectivity index (χ1v) is 7.58. The van der Waals surface area contributed by atoms with E-state index in [1.165, 1.54) is 39.4 Å². The number of nitrogens with zero attached hydrogens (tertiary/aromatic N) is 3. The van der Waals surface area contributed by atoms with Crippen LogP contribution in [-0.2, 0) is 17.1 Å². The Morgan fingerprint density at radius 1 is 1.27 bits per heavy atom. The molecule has 0 unspecified atom stereocenters. The molecule has 0 radical (unpaired) electrons. The zero-order chi connectivity index (χ0) is 16.5. The number of ether oxygens (including phenoxy) is 1. The van der Waals surface area contributed by atoms with Gasteiger partial charge in [-0.25, -0.2) is 17.6 Å². The average Bonchev–Trinajstić information content (AvgIpc) is 2.51. The zero-order valence-electron chi connectivity index (χ0n) is 12.1. The quantitative estimate of drug-likeness (QED) is 0.801. The minimum absolute atomic E-state index is 0.0571. The molecule has 0 saturated carbocycles. The summed E-state index contributed by atoms with van der Waals surface area (Å²) >= 11 is 0. The third-order valence-electron chi connectivity index (χ3n) is 3.06. The van der Waals surface area contributed by atoms with Crippen molar-refractivity contribution in [3.8, 4) is 5.75 Å². The molecule has 0 aliphatic carbocycles. The van der Waals surface area contributed by atoms with Crippen molar-refractivity contribution in [1.82, 2.24) is 8.54 Å². The van der Waals surface area contributed by atoms with Crippen LogP contribution >= 0.6 is 0 Å². The van der Waals surface area contributed by atoms with E-state index in [0.29, 0.717) is 10.2 Å². The van der Waals surface area contributed by atoms with Crippen LogP contribution in [0.1, 0.15) is 0 Å². The van der Waals surface area contributed by atoms with Crippen molar-refractivity contribution < 1.29 is 17.5 Å². The summed E-state index contributed by atoms with van der Waals surface area (Å²) < 4.78 is 45.3. The predicted octanol–water partition coefficient (Wildman–Crippen LogP) is 0.102. The molecular weight excluding hydrogens is 313 g/mol. The second-order valence-corrected chi connectivity index (χ2v) is 6.10. The number of rotatable bonds is 3. The van der Waals surface area contributed by atoms with Crippen LogP contribution in [0.3, 0.4) is 0 Å². The van der Waals surface area contributed by atoms with Gasteiger partial charge >= 0.3 is 5.69 Å². The summed E-state index contributed by atoms with van der Waals surface area (Å²) in [5.74, 6) is -0.871. The van der Waals surface area contributed by atoms with Gasteiger partial charge in [-0.2, -0.15) is 3.97 Å². The summed E-state index contributed by atoms with van der Waals surface area (Å²) in [6.07, 6.45) is 0.604. The van der Waals surface area contributed by atoms with E-state index in [1.807, 2.05) is 0 Å². The normalized spacial score (nSPS) is 12.5. The highest BCUT2D eigenvalue weighted by Crippen LogP contribution is 2.24. The highest BCUT2D eigenvalue weighted by Gasteiger charge is 2.24. The van der Waals surface area contributed by atoms with Crippen LogP contribution in [0.5, 0.6) is 5.75 Å². The highest BCUT2D eigenvalue weighted by molar-refractivity contribution is 7.90. The molecule has 0 saturated heterocycles. The van der Waals surface area contributed by atoms with Crippen LogP contribution in [0.25, 0.3) is 0 Å². The van der Waals surface area contributed by atoms with Crippen molar-refractivity contribution in [3.63, 3.8) is 0 Å². The van der Waals surface area contributed by atoms with Gasteiger partial charge in [-0.3, -0.25) is 9.56 Å². The van der Waals surface area contributed by atoms with Gasteiger partial charge in [0.1, 0.15) is 10.6 Å². The van der Waals surface area contributed by atoms with Crippen molar-refractivity contribution in [3.05, 3.63) is 52.3 Å². The molecule has 22 heavy (non-hydrogen) atoms. The van der Waals surface area contributed by atoms with Crippen LogP contribution in [-0.4, -0.2) is 31.1 Å². The van der Waals surface area contributed by atoms with E-state index in [0.717, 1.165) is 4.57 Å². The van der Waals surface area contributed by atoms with E-state index >= 15 is 0 Å². The minimum atomic E-state index is -4.31. The standard InChI is InChI=1S/C13H14FN3O4S/c1-15-12-9(14)8-17(13(18)16(12)2)22(19,20)11-7-5-4-6-10(11)21-3/h4-8H,1-3H3/b15-12+. The third kappa shape index (κ3) is 2.43. The molecule has 7 nitrogen and oxygen atoms in total. The Hall–Kier alpha value is -2.42. The van der Waals surface area contributed by atoms with Gasteiger partial charge in [-0.15, -0.1) is 0 Å².